The Bertz CT molecular complexity index is 368. The summed E-state index contributed by atoms with van der Waals surface area (Å²) in [6.07, 6.45) is -2.55. The summed E-state index contributed by atoms with van der Waals surface area (Å²) >= 11 is 7.05. The third-order valence-electron chi connectivity index (χ3n) is 1.90. The van der Waals surface area contributed by atoms with Crippen LogP contribution < -0.4 is 0 Å². The van der Waals surface area contributed by atoms with Crippen molar-refractivity contribution < 1.29 is 13.6 Å². The number of Topliss-reactive ketones (excluding diaryl/α,β-unsaturated/α-hetero) is 1. The summed E-state index contributed by atoms with van der Waals surface area (Å²) in [6.45, 7) is 0. The summed E-state index contributed by atoms with van der Waals surface area (Å²) in [5.41, 5.74) is 0.254. The number of carbonyl (C=O) groups is 1. The zero-order valence-corrected chi connectivity index (χ0v) is 10.2. The molecule has 0 N–H and O–H groups in total. The van der Waals surface area contributed by atoms with E-state index in [1.54, 1.807) is 0 Å². The lowest BCUT2D eigenvalue weighted by Gasteiger charge is -2.08. The van der Waals surface area contributed by atoms with Crippen molar-refractivity contribution in [3.63, 3.8) is 0 Å². The Morgan fingerprint density at radius 3 is 2.67 bits per heavy atom. The molecule has 0 heterocycles. The van der Waals surface area contributed by atoms with Gasteiger partial charge in [-0.1, -0.05) is 22.0 Å². The van der Waals surface area contributed by atoms with Crippen molar-refractivity contribution in [1.82, 2.24) is 0 Å². The highest BCUT2D eigenvalue weighted by atomic mass is 79.9. The second-order valence-electron chi connectivity index (χ2n) is 3.03. The van der Waals surface area contributed by atoms with Crippen LogP contribution in [-0.4, -0.2) is 11.1 Å². The van der Waals surface area contributed by atoms with Crippen molar-refractivity contribution in [3.05, 3.63) is 29.3 Å². The van der Waals surface area contributed by atoms with E-state index in [0.29, 0.717) is 10.5 Å². The fraction of sp³-hybridized carbons (Fsp3) is 0.300. The average molecular weight is 295 g/mol. The number of hydrogen-bond acceptors (Lipinski definition) is 2. The van der Waals surface area contributed by atoms with Gasteiger partial charge in [-0.3, -0.25) is 4.79 Å². The maximum Gasteiger partial charge on any atom is 0.264 e. The van der Waals surface area contributed by atoms with Crippen molar-refractivity contribution in [3.8, 4) is 0 Å². The molecule has 82 valence electrons. The third kappa shape index (κ3) is 3.57. The lowest BCUT2D eigenvalue weighted by Crippen LogP contribution is -2.06. The molecule has 0 aliphatic carbocycles. The van der Waals surface area contributed by atoms with Crippen molar-refractivity contribution in [2.45, 2.75) is 17.7 Å². The highest BCUT2D eigenvalue weighted by Crippen LogP contribution is 2.25. The van der Waals surface area contributed by atoms with Crippen LogP contribution in [0.5, 0.6) is 0 Å². The second kappa shape index (κ2) is 5.61. The highest BCUT2D eigenvalue weighted by Gasteiger charge is 2.14. The van der Waals surface area contributed by atoms with E-state index < -0.39 is 6.43 Å². The number of thiol groups is 1. The standard InChI is InChI=1S/C10H9BrF2OS/c11-5-7(14)3-6-4-8(15)1-2-9(6)10(12)13/h1-2,4,10,15H,3,5H2. The number of hydrogen-bond donors (Lipinski definition) is 1. The minimum atomic E-state index is -2.56. The fourth-order valence-electron chi connectivity index (χ4n) is 1.22. The van der Waals surface area contributed by atoms with E-state index in [-0.39, 0.29) is 23.1 Å². The largest absolute Gasteiger partial charge is 0.298 e. The Hall–Kier alpha value is -0.420. The van der Waals surface area contributed by atoms with Crippen LogP contribution in [0, 0.1) is 0 Å². The van der Waals surface area contributed by atoms with Crippen molar-refractivity contribution in [1.29, 1.82) is 0 Å². The number of carbonyl (C=O) groups excluding carboxylic acids is 1. The predicted octanol–water partition coefficient (Wildman–Crippen LogP) is 3.42. The number of alkyl halides is 3. The van der Waals surface area contributed by atoms with Gasteiger partial charge in [-0.25, -0.2) is 8.78 Å². The predicted molar refractivity (Wildman–Crippen MR) is 61.2 cm³/mol. The number of rotatable bonds is 4. The van der Waals surface area contributed by atoms with E-state index in [0.717, 1.165) is 0 Å². The zero-order valence-electron chi connectivity index (χ0n) is 7.71. The molecule has 5 heteroatoms. The average Bonchev–Trinajstić information content (AvgIpc) is 2.17. The molecule has 0 aromatic heterocycles. The van der Waals surface area contributed by atoms with E-state index in [4.69, 9.17) is 0 Å². The Morgan fingerprint density at radius 1 is 1.47 bits per heavy atom. The Kier molecular flexibility index (Phi) is 4.73. The molecule has 0 aliphatic rings. The van der Waals surface area contributed by atoms with Crippen LogP contribution in [-0.2, 0) is 11.2 Å². The molecule has 0 radical (unpaired) electrons. The first-order valence-corrected chi connectivity index (χ1v) is 5.79. The minimum absolute atomic E-state index is 0.0132. The second-order valence-corrected chi connectivity index (χ2v) is 4.11. The molecule has 0 atom stereocenters. The van der Waals surface area contributed by atoms with E-state index in [1.807, 2.05) is 0 Å². The molecular formula is C10H9BrF2OS. The van der Waals surface area contributed by atoms with Gasteiger partial charge in [-0.2, -0.15) is 0 Å². The van der Waals surface area contributed by atoms with E-state index in [2.05, 4.69) is 28.6 Å². The number of halogens is 3. The van der Waals surface area contributed by atoms with Crippen molar-refractivity contribution in [2.75, 3.05) is 5.33 Å². The summed E-state index contributed by atoms with van der Waals surface area (Å²) in [7, 11) is 0. The molecule has 0 bridgehead atoms. The number of ketones is 1. The van der Waals surface area contributed by atoms with Gasteiger partial charge in [0.2, 0.25) is 0 Å². The lowest BCUT2D eigenvalue weighted by molar-refractivity contribution is -0.115. The SMILES string of the molecule is O=C(CBr)Cc1cc(S)ccc1C(F)F. The fourth-order valence-corrected chi connectivity index (χ4v) is 1.65. The molecule has 0 saturated carbocycles. The Labute approximate surface area is 100 Å². The summed E-state index contributed by atoms with van der Waals surface area (Å²) in [5, 5.41) is 0.173. The normalized spacial score (nSPS) is 10.7. The summed E-state index contributed by atoms with van der Waals surface area (Å²) < 4.78 is 25.1. The quantitative estimate of drug-likeness (QED) is 0.665. The first-order valence-electron chi connectivity index (χ1n) is 4.22. The van der Waals surface area contributed by atoms with Gasteiger partial charge in [0.05, 0.1) is 5.33 Å². The Balaban J connectivity index is 3.02. The molecule has 0 unspecified atom stereocenters. The van der Waals surface area contributed by atoms with E-state index in [1.165, 1.54) is 18.2 Å². The molecule has 1 aromatic carbocycles. The Morgan fingerprint density at radius 2 is 2.13 bits per heavy atom. The van der Waals surface area contributed by atoms with Crippen molar-refractivity contribution in [2.24, 2.45) is 0 Å². The molecule has 0 amide bonds. The monoisotopic (exact) mass is 294 g/mol. The molecular weight excluding hydrogens is 286 g/mol. The van der Waals surface area contributed by atoms with Gasteiger partial charge >= 0.3 is 0 Å². The maximum absolute atomic E-state index is 12.6. The maximum atomic E-state index is 12.6. The lowest BCUT2D eigenvalue weighted by atomic mass is 10.0. The molecule has 0 aliphatic heterocycles. The van der Waals surface area contributed by atoms with Gasteiger partial charge in [0.1, 0.15) is 5.78 Å². The van der Waals surface area contributed by atoms with Crippen LogP contribution in [0.15, 0.2) is 23.1 Å². The van der Waals surface area contributed by atoms with E-state index in [9.17, 15) is 13.6 Å². The van der Waals surface area contributed by atoms with Gasteiger partial charge in [-0.15, -0.1) is 12.6 Å². The van der Waals surface area contributed by atoms with Gasteiger partial charge in [-0.05, 0) is 17.7 Å². The first-order chi connectivity index (χ1) is 7.04. The van der Waals surface area contributed by atoms with Crippen LogP contribution in [0.4, 0.5) is 8.78 Å². The summed E-state index contributed by atoms with van der Waals surface area (Å²) in [5.74, 6) is -0.129. The van der Waals surface area contributed by atoms with Gasteiger partial charge in [0, 0.05) is 16.9 Å². The molecule has 1 nitrogen and oxygen atoms in total. The van der Waals surface area contributed by atoms with Crippen LogP contribution in [0.25, 0.3) is 0 Å². The minimum Gasteiger partial charge on any atom is -0.298 e. The highest BCUT2D eigenvalue weighted by molar-refractivity contribution is 9.09. The van der Waals surface area contributed by atoms with Gasteiger partial charge in [0.15, 0.2) is 0 Å². The smallest absolute Gasteiger partial charge is 0.264 e. The number of benzene rings is 1. The van der Waals surface area contributed by atoms with Crippen LogP contribution in [0.1, 0.15) is 17.6 Å². The van der Waals surface area contributed by atoms with Crippen LogP contribution in [0.2, 0.25) is 0 Å². The zero-order chi connectivity index (χ0) is 11.4. The molecule has 0 saturated heterocycles. The third-order valence-corrected chi connectivity index (χ3v) is 2.80. The van der Waals surface area contributed by atoms with Gasteiger partial charge in [0.25, 0.3) is 6.43 Å². The molecule has 1 aromatic rings. The van der Waals surface area contributed by atoms with Crippen molar-refractivity contribution >= 4 is 34.3 Å². The molecule has 15 heavy (non-hydrogen) atoms. The summed E-state index contributed by atoms with van der Waals surface area (Å²) in [6, 6.07) is 4.31. The van der Waals surface area contributed by atoms with E-state index >= 15 is 0 Å². The van der Waals surface area contributed by atoms with Crippen LogP contribution in [0.3, 0.4) is 0 Å². The molecule has 1 rings (SSSR count). The summed E-state index contributed by atoms with van der Waals surface area (Å²) in [4.78, 5) is 11.7. The molecule has 0 spiro atoms. The van der Waals surface area contributed by atoms with Gasteiger partial charge < -0.3 is 0 Å². The topological polar surface area (TPSA) is 17.1 Å². The van der Waals surface area contributed by atoms with Crippen LogP contribution >= 0.6 is 28.6 Å². The molecule has 0 fully saturated rings. The first kappa shape index (κ1) is 12.6.